The van der Waals surface area contributed by atoms with Crippen molar-refractivity contribution in [1.29, 1.82) is 10.7 Å². The molecule has 0 bridgehead atoms. The van der Waals surface area contributed by atoms with Crippen LogP contribution in [0.15, 0.2) is 18.5 Å². The molecule has 1 aromatic heterocycles. The average molecular weight is 244 g/mol. The topological polar surface area (TPSA) is 98.9 Å². The lowest BCUT2D eigenvalue weighted by Crippen LogP contribution is -2.11. The molecule has 0 radical (unpaired) electrons. The zero-order chi connectivity index (χ0) is 13.5. The number of esters is 1. The Morgan fingerprint density at radius 2 is 2.39 bits per heavy atom. The first-order valence-electron chi connectivity index (χ1n) is 5.05. The SMILES string of the molecule is CN/C=C(\C=N)c1nccc(C#N)c1C(=O)OC. The number of carbonyl (C=O) groups is 1. The van der Waals surface area contributed by atoms with Gasteiger partial charge in [0, 0.05) is 31.2 Å². The molecule has 0 saturated carbocycles. The number of methoxy groups -OCH3 is 1. The monoisotopic (exact) mass is 244 g/mol. The molecule has 6 heteroatoms. The van der Waals surface area contributed by atoms with Gasteiger partial charge < -0.3 is 15.5 Å². The lowest BCUT2D eigenvalue weighted by atomic mass is 10.0. The van der Waals surface area contributed by atoms with E-state index in [0.717, 1.165) is 6.21 Å². The molecule has 92 valence electrons. The molecule has 0 spiro atoms. The van der Waals surface area contributed by atoms with Crippen LogP contribution in [0.2, 0.25) is 0 Å². The maximum absolute atomic E-state index is 11.7. The zero-order valence-electron chi connectivity index (χ0n) is 10.0. The van der Waals surface area contributed by atoms with Crippen molar-refractivity contribution in [3.8, 4) is 6.07 Å². The van der Waals surface area contributed by atoms with E-state index in [9.17, 15) is 4.79 Å². The Morgan fingerprint density at radius 1 is 1.67 bits per heavy atom. The number of rotatable bonds is 4. The quantitative estimate of drug-likeness (QED) is 0.606. The Morgan fingerprint density at radius 3 is 2.89 bits per heavy atom. The van der Waals surface area contributed by atoms with Crippen molar-refractivity contribution in [1.82, 2.24) is 10.3 Å². The molecule has 0 fully saturated rings. The van der Waals surface area contributed by atoms with Gasteiger partial charge in [-0.2, -0.15) is 5.26 Å². The summed E-state index contributed by atoms with van der Waals surface area (Å²) in [6.07, 6.45) is 3.97. The maximum atomic E-state index is 11.7. The molecule has 0 aromatic carbocycles. The van der Waals surface area contributed by atoms with Gasteiger partial charge in [0.1, 0.15) is 11.6 Å². The van der Waals surface area contributed by atoms with Crippen LogP contribution in [0.25, 0.3) is 5.57 Å². The van der Waals surface area contributed by atoms with Crippen molar-refractivity contribution in [3.05, 3.63) is 35.3 Å². The van der Waals surface area contributed by atoms with E-state index in [1.807, 2.05) is 6.07 Å². The van der Waals surface area contributed by atoms with Gasteiger partial charge in [0.05, 0.1) is 18.4 Å². The lowest BCUT2D eigenvalue weighted by molar-refractivity contribution is 0.0599. The van der Waals surface area contributed by atoms with Crippen LogP contribution in [0.1, 0.15) is 21.6 Å². The number of nitrogens with one attached hydrogen (secondary N) is 2. The van der Waals surface area contributed by atoms with E-state index >= 15 is 0 Å². The first kappa shape index (κ1) is 13.4. The second-order valence-corrected chi connectivity index (χ2v) is 3.22. The predicted octanol–water partition coefficient (Wildman–Crippen LogP) is 0.950. The summed E-state index contributed by atoms with van der Waals surface area (Å²) < 4.78 is 4.64. The number of hydrogen-bond donors (Lipinski definition) is 2. The number of ether oxygens (including phenoxy) is 1. The Bertz CT molecular complexity index is 543. The summed E-state index contributed by atoms with van der Waals surface area (Å²) in [4.78, 5) is 15.7. The molecule has 0 saturated heterocycles. The minimum atomic E-state index is -0.654. The van der Waals surface area contributed by atoms with E-state index < -0.39 is 5.97 Å². The average Bonchev–Trinajstić information content (AvgIpc) is 2.43. The van der Waals surface area contributed by atoms with Crippen LogP contribution in [-0.2, 0) is 4.74 Å². The number of pyridine rings is 1. The van der Waals surface area contributed by atoms with E-state index in [1.165, 1.54) is 25.6 Å². The standard InChI is InChI=1S/C12H12N4O2/c1-15-7-9(6-14)11-10(12(17)18-2)8(5-13)3-4-16-11/h3-4,6-7,14-15H,1-2H3/b9-7+,14-6?. The molecule has 0 amide bonds. The molecule has 1 aromatic rings. The van der Waals surface area contributed by atoms with Crippen molar-refractivity contribution in [2.45, 2.75) is 0 Å². The van der Waals surface area contributed by atoms with E-state index in [4.69, 9.17) is 10.7 Å². The van der Waals surface area contributed by atoms with Crippen molar-refractivity contribution < 1.29 is 9.53 Å². The molecule has 0 unspecified atom stereocenters. The largest absolute Gasteiger partial charge is 0.465 e. The van der Waals surface area contributed by atoms with Gasteiger partial charge in [0.2, 0.25) is 0 Å². The normalized spacial score (nSPS) is 10.4. The van der Waals surface area contributed by atoms with E-state index in [2.05, 4.69) is 15.0 Å². The first-order valence-corrected chi connectivity index (χ1v) is 5.05. The summed E-state index contributed by atoms with van der Waals surface area (Å²) >= 11 is 0. The van der Waals surface area contributed by atoms with Gasteiger partial charge in [0.15, 0.2) is 0 Å². The van der Waals surface area contributed by atoms with Crippen LogP contribution in [0, 0.1) is 16.7 Å². The fourth-order valence-electron chi connectivity index (χ4n) is 1.42. The summed E-state index contributed by atoms with van der Waals surface area (Å²) in [6.45, 7) is 0. The third-order valence-electron chi connectivity index (χ3n) is 2.19. The van der Waals surface area contributed by atoms with E-state index in [1.54, 1.807) is 7.05 Å². The van der Waals surface area contributed by atoms with E-state index in [0.29, 0.717) is 5.57 Å². The molecule has 1 heterocycles. The molecule has 0 atom stereocenters. The second kappa shape index (κ2) is 6.15. The molecular weight excluding hydrogens is 232 g/mol. The third-order valence-corrected chi connectivity index (χ3v) is 2.19. The van der Waals surface area contributed by atoms with Crippen molar-refractivity contribution in [3.63, 3.8) is 0 Å². The van der Waals surface area contributed by atoms with Gasteiger partial charge in [-0.15, -0.1) is 0 Å². The second-order valence-electron chi connectivity index (χ2n) is 3.22. The number of nitriles is 1. The molecule has 6 nitrogen and oxygen atoms in total. The zero-order valence-corrected chi connectivity index (χ0v) is 10.0. The Balaban J connectivity index is 3.54. The van der Waals surface area contributed by atoms with Gasteiger partial charge in [0.25, 0.3) is 0 Å². The number of allylic oxidation sites excluding steroid dienone is 1. The highest BCUT2D eigenvalue weighted by Gasteiger charge is 2.20. The summed E-state index contributed by atoms with van der Waals surface area (Å²) in [6, 6.07) is 3.34. The molecule has 0 aliphatic rings. The van der Waals surface area contributed by atoms with Crippen LogP contribution < -0.4 is 5.32 Å². The maximum Gasteiger partial charge on any atom is 0.341 e. The highest BCUT2D eigenvalue weighted by Crippen LogP contribution is 2.19. The summed E-state index contributed by atoms with van der Waals surface area (Å²) in [7, 11) is 2.89. The van der Waals surface area contributed by atoms with Crippen LogP contribution in [0.4, 0.5) is 0 Å². The molecular formula is C12H12N4O2. The smallest absolute Gasteiger partial charge is 0.341 e. The fourth-order valence-corrected chi connectivity index (χ4v) is 1.42. The summed E-state index contributed by atoms with van der Waals surface area (Å²) in [5.74, 6) is -0.654. The first-order chi connectivity index (χ1) is 8.69. The molecule has 18 heavy (non-hydrogen) atoms. The number of nitrogens with zero attached hydrogens (tertiary/aromatic N) is 2. The van der Waals surface area contributed by atoms with Crippen molar-refractivity contribution >= 4 is 17.8 Å². The predicted molar refractivity (Wildman–Crippen MR) is 66.1 cm³/mol. The Kier molecular flexibility index (Phi) is 4.58. The number of hydrogen-bond acceptors (Lipinski definition) is 6. The van der Waals surface area contributed by atoms with Gasteiger partial charge in [-0.05, 0) is 6.07 Å². The molecule has 2 N–H and O–H groups in total. The molecule has 0 aliphatic heterocycles. The van der Waals surface area contributed by atoms with Crippen LogP contribution >= 0.6 is 0 Å². The lowest BCUT2D eigenvalue weighted by Gasteiger charge is -2.08. The number of carbonyl (C=O) groups excluding carboxylic acids is 1. The van der Waals surface area contributed by atoms with Crippen LogP contribution in [0.3, 0.4) is 0 Å². The fraction of sp³-hybridized carbons (Fsp3) is 0.167. The highest BCUT2D eigenvalue weighted by atomic mass is 16.5. The van der Waals surface area contributed by atoms with Crippen LogP contribution in [-0.4, -0.2) is 31.3 Å². The van der Waals surface area contributed by atoms with Gasteiger partial charge in [-0.25, -0.2) is 4.79 Å². The van der Waals surface area contributed by atoms with Crippen LogP contribution in [0.5, 0.6) is 0 Å². The van der Waals surface area contributed by atoms with Gasteiger partial charge in [-0.3, -0.25) is 4.98 Å². The summed E-state index contributed by atoms with van der Waals surface area (Å²) in [5.41, 5.74) is 0.850. The minimum Gasteiger partial charge on any atom is -0.465 e. The Hall–Kier alpha value is -2.68. The van der Waals surface area contributed by atoms with E-state index in [-0.39, 0.29) is 16.8 Å². The molecule has 1 rings (SSSR count). The minimum absolute atomic E-state index is 0.0625. The third kappa shape index (κ3) is 2.52. The van der Waals surface area contributed by atoms with Crippen molar-refractivity contribution in [2.24, 2.45) is 0 Å². The summed E-state index contributed by atoms with van der Waals surface area (Å²) in [5, 5.41) is 19.1. The number of aromatic nitrogens is 1. The molecule has 0 aliphatic carbocycles. The Labute approximate surface area is 104 Å². The van der Waals surface area contributed by atoms with Crippen molar-refractivity contribution in [2.75, 3.05) is 14.2 Å². The highest BCUT2D eigenvalue weighted by molar-refractivity contribution is 6.11. The van der Waals surface area contributed by atoms with Gasteiger partial charge in [-0.1, -0.05) is 0 Å². The van der Waals surface area contributed by atoms with Gasteiger partial charge >= 0.3 is 5.97 Å².